The molecule has 2 rings (SSSR count). The highest BCUT2D eigenvalue weighted by atomic mass is 16.5. The van der Waals surface area contributed by atoms with Gasteiger partial charge in [-0.1, -0.05) is 25.5 Å². The van der Waals surface area contributed by atoms with E-state index >= 15 is 0 Å². The number of unbranched alkanes of at least 4 members (excludes halogenated alkanes) is 1. The zero-order valence-electron chi connectivity index (χ0n) is 13.6. The molecule has 2 aromatic rings. The van der Waals surface area contributed by atoms with Crippen molar-refractivity contribution in [2.75, 3.05) is 11.9 Å². The fraction of sp³-hybridized carbons (Fsp3) is 0.263. The summed E-state index contributed by atoms with van der Waals surface area (Å²) in [5.74, 6) is -0.354. The number of rotatable bonds is 8. The summed E-state index contributed by atoms with van der Waals surface area (Å²) < 4.78 is 5.56. The molecule has 5 heteroatoms. The Morgan fingerprint density at radius 1 is 1.04 bits per heavy atom. The van der Waals surface area contributed by atoms with E-state index in [4.69, 9.17) is 9.84 Å². The predicted octanol–water partition coefficient (Wildman–Crippen LogP) is 3.74. The van der Waals surface area contributed by atoms with Crippen LogP contribution in [0.25, 0.3) is 0 Å². The Balaban J connectivity index is 1.93. The Morgan fingerprint density at radius 2 is 1.71 bits per heavy atom. The lowest BCUT2D eigenvalue weighted by Crippen LogP contribution is -2.12. The Morgan fingerprint density at radius 3 is 2.29 bits per heavy atom. The predicted molar refractivity (Wildman–Crippen MR) is 92.6 cm³/mol. The van der Waals surface area contributed by atoms with Crippen molar-refractivity contribution in [1.82, 2.24) is 0 Å². The first-order valence-corrected chi connectivity index (χ1v) is 7.93. The summed E-state index contributed by atoms with van der Waals surface area (Å²) in [6.07, 6.45) is 2.04. The van der Waals surface area contributed by atoms with Crippen molar-refractivity contribution < 1.29 is 19.4 Å². The van der Waals surface area contributed by atoms with Crippen molar-refractivity contribution >= 4 is 17.6 Å². The van der Waals surface area contributed by atoms with Gasteiger partial charge in [0.25, 0.3) is 5.91 Å². The molecule has 0 spiro atoms. The van der Waals surface area contributed by atoms with Crippen LogP contribution in [0, 0.1) is 0 Å². The summed E-state index contributed by atoms with van der Waals surface area (Å²) in [4.78, 5) is 22.8. The number of carbonyl (C=O) groups is 2. The molecule has 0 aliphatic heterocycles. The summed E-state index contributed by atoms with van der Waals surface area (Å²) in [5, 5.41) is 11.5. The van der Waals surface area contributed by atoms with Gasteiger partial charge in [-0.2, -0.15) is 0 Å². The first kappa shape index (κ1) is 17.5. The lowest BCUT2D eigenvalue weighted by atomic mass is 10.1. The van der Waals surface area contributed by atoms with Crippen molar-refractivity contribution in [2.24, 2.45) is 0 Å². The topological polar surface area (TPSA) is 75.6 Å². The number of nitrogens with one attached hydrogen (secondary N) is 1. The summed E-state index contributed by atoms with van der Waals surface area (Å²) >= 11 is 0. The molecule has 0 bridgehead atoms. The third-order valence-corrected chi connectivity index (χ3v) is 3.45. The van der Waals surface area contributed by atoms with Gasteiger partial charge in [-0.25, -0.2) is 0 Å². The zero-order valence-corrected chi connectivity index (χ0v) is 13.6. The molecule has 0 heterocycles. The molecule has 24 heavy (non-hydrogen) atoms. The van der Waals surface area contributed by atoms with Crippen molar-refractivity contribution in [3.05, 3.63) is 59.7 Å². The number of hydrogen-bond acceptors (Lipinski definition) is 3. The van der Waals surface area contributed by atoms with Gasteiger partial charge in [-0.05, 0) is 48.4 Å². The SMILES string of the molecule is CCCCOc1ccc(C(=O)Nc2ccc(CC(=O)O)cc2)cc1. The average molecular weight is 327 g/mol. The third-order valence-electron chi connectivity index (χ3n) is 3.45. The number of hydrogen-bond donors (Lipinski definition) is 2. The van der Waals surface area contributed by atoms with Gasteiger partial charge in [-0.3, -0.25) is 9.59 Å². The van der Waals surface area contributed by atoms with E-state index in [9.17, 15) is 9.59 Å². The zero-order chi connectivity index (χ0) is 17.4. The fourth-order valence-corrected chi connectivity index (χ4v) is 2.12. The van der Waals surface area contributed by atoms with Crippen molar-refractivity contribution in [3.8, 4) is 5.75 Å². The molecule has 0 saturated heterocycles. The maximum absolute atomic E-state index is 12.2. The summed E-state index contributed by atoms with van der Waals surface area (Å²) in [6.45, 7) is 2.77. The molecule has 5 nitrogen and oxygen atoms in total. The number of carboxylic acids is 1. The normalized spacial score (nSPS) is 10.2. The van der Waals surface area contributed by atoms with Crippen LogP contribution >= 0.6 is 0 Å². The quantitative estimate of drug-likeness (QED) is 0.724. The van der Waals surface area contributed by atoms with E-state index in [-0.39, 0.29) is 12.3 Å². The third kappa shape index (κ3) is 5.43. The minimum atomic E-state index is -0.881. The van der Waals surface area contributed by atoms with Gasteiger partial charge in [0.05, 0.1) is 13.0 Å². The van der Waals surface area contributed by atoms with E-state index < -0.39 is 5.97 Å². The second-order valence-corrected chi connectivity index (χ2v) is 5.45. The highest BCUT2D eigenvalue weighted by Crippen LogP contribution is 2.15. The van der Waals surface area contributed by atoms with E-state index in [0.29, 0.717) is 23.4 Å². The molecule has 0 aliphatic carbocycles. The lowest BCUT2D eigenvalue weighted by Gasteiger charge is -2.08. The molecule has 2 aromatic carbocycles. The number of carbonyl (C=O) groups excluding carboxylic acids is 1. The first-order chi connectivity index (χ1) is 11.6. The molecule has 0 atom stereocenters. The second kappa shape index (κ2) is 8.72. The minimum Gasteiger partial charge on any atom is -0.494 e. The summed E-state index contributed by atoms with van der Waals surface area (Å²) in [7, 11) is 0. The van der Waals surface area contributed by atoms with Crippen LogP contribution in [0.1, 0.15) is 35.7 Å². The molecular weight excluding hydrogens is 306 g/mol. The molecule has 2 N–H and O–H groups in total. The van der Waals surface area contributed by atoms with Gasteiger partial charge < -0.3 is 15.2 Å². The summed E-state index contributed by atoms with van der Waals surface area (Å²) in [6, 6.07) is 13.8. The Labute approximate surface area is 141 Å². The van der Waals surface area contributed by atoms with Crippen LogP contribution < -0.4 is 10.1 Å². The Hall–Kier alpha value is -2.82. The minimum absolute atomic E-state index is 0.0340. The average Bonchev–Trinajstić information content (AvgIpc) is 2.57. The van der Waals surface area contributed by atoms with Crippen LogP contribution in [-0.4, -0.2) is 23.6 Å². The highest BCUT2D eigenvalue weighted by molar-refractivity contribution is 6.04. The Kier molecular flexibility index (Phi) is 6.37. The van der Waals surface area contributed by atoms with Gasteiger partial charge in [0.1, 0.15) is 5.75 Å². The fourth-order valence-electron chi connectivity index (χ4n) is 2.12. The lowest BCUT2D eigenvalue weighted by molar-refractivity contribution is -0.136. The number of ether oxygens (including phenoxy) is 1. The molecule has 0 aliphatic rings. The van der Waals surface area contributed by atoms with Gasteiger partial charge in [0.15, 0.2) is 0 Å². The second-order valence-electron chi connectivity index (χ2n) is 5.45. The molecular formula is C19H21NO4. The van der Waals surface area contributed by atoms with Gasteiger partial charge in [-0.15, -0.1) is 0 Å². The van der Waals surface area contributed by atoms with Crippen LogP contribution in [0.15, 0.2) is 48.5 Å². The largest absolute Gasteiger partial charge is 0.494 e. The standard InChI is InChI=1S/C19H21NO4/c1-2-3-12-24-17-10-6-15(7-11-17)19(23)20-16-8-4-14(5-9-16)13-18(21)22/h4-11H,2-3,12-13H2,1H3,(H,20,23)(H,21,22). The van der Waals surface area contributed by atoms with E-state index in [1.807, 2.05) is 0 Å². The van der Waals surface area contributed by atoms with Gasteiger partial charge >= 0.3 is 5.97 Å². The monoisotopic (exact) mass is 327 g/mol. The number of amides is 1. The van der Waals surface area contributed by atoms with Crippen LogP contribution in [0.5, 0.6) is 5.75 Å². The molecule has 0 radical (unpaired) electrons. The van der Waals surface area contributed by atoms with E-state index in [1.165, 1.54) is 0 Å². The van der Waals surface area contributed by atoms with Gasteiger partial charge in [0, 0.05) is 11.3 Å². The van der Waals surface area contributed by atoms with Crippen molar-refractivity contribution in [3.63, 3.8) is 0 Å². The molecule has 0 fully saturated rings. The van der Waals surface area contributed by atoms with Crippen molar-refractivity contribution in [2.45, 2.75) is 26.2 Å². The number of benzene rings is 2. The molecule has 1 amide bonds. The first-order valence-electron chi connectivity index (χ1n) is 7.93. The molecule has 0 saturated carbocycles. The maximum Gasteiger partial charge on any atom is 0.307 e. The van der Waals surface area contributed by atoms with Crippen LogP contribution in [0.3, 0.4) is 0 Å². The maximum atomic E-state index is 12.2. The van der Waals surface area contributed by atoms with Crippen LogP contribution in [-0.2, 0) is 11.2 Å². The summed E-state index contributed by atoms with van der Waals surface area (Å²) in [5.41, 5.74) is 1.85. The highest BCUT2D eigenvalue weighted by Gasteiger charge is 2.07. The molecule has 0 aromatic heterocycles. The molecule has 126 valence electrons. The van der Waals surface area contributed by atoms with Crippen LogP contribution in [0.2, 0.25) is 0 Å². The number of carboxylic acid groups (broad SMARTS) is 1. The smallest absolute Gasteiger partial charge is 0.307 e. The van der Waals surface area contributed by atoms with E-state index in [0.717, 1.165) is 18.6 Å². The van der Waals surface area contributed by atoms with Gasteiger partial charge in [0.2, 0.25) is 0 Å². The number of aliphatic carboxylic acids is 1. The van der Waals surface area contributed by atoms with Crippen LogP contribution in [0.4, 0.5) is 5.69 Å². The van der Waals surface area contributed by atoms with E-state index in [1.54, 1.807) is 48.5 Å². The van der Waals surface area contributed by atoms with E-state index in [2.05, 4.69) is 12.2 Å². The molecule has 0 unspecified atom stereocenters. The Bertz CT molecular complexity index is 678. The van der Waals surface area contributed by atoms with Crippen molar-refractivity contribution in [1.29, 1.82) is 0 Å². The number of anilines is 1.